The molecule has 0 heterocycles. The summed E-state index contributed by atoms with van der Waals surface area (Å²) in [6, 6.07) is 0. The first-order valence-corrected chi connectivity index (χ1v) is 16.1. The van der Waals surface area contributed by atoms with Crippen molar-refractivity contribution in [3.05, 3.63) is 34.9 Å². The number of fused-ring (bicyclic) bond motifs is 5. The van der Waals surface area contributed by atoms with E-state index in [9.17, 15) is 24.3 Å². The van der Waals surface area contributed by atoms with Crippen LogP contribution in [0.25, 0.3) is 0 Å². The Bertz CT molecular complexity index is 1300. The lowest BCUT2D eigenvalue weighted by Crippen LogP contribution is -2.56. The summed E-state index contributed by atoms with van der Waals surface area (Å²) in [7, 11) is 0. The molecule has 4 aliphatic carbocycles. The fourth-order valence-electron chi connectivity index (χ4n) is 9.83. The molecule has 2 saturated carbocycles. The van der Waals surface area contributed by atoms with Gasteiger partial charge in [0.25, 0.3) is 0 Å². The van der Waals surface area contributed by atoms with E-state index >= 15 is 0 Å². The van der Waals surface area contributed by atoms with Crippen molar-refractivity contribution in [2.45, 2.75) is 126 Å². The number of rotatable bonds is 8. The van der Waals surface area contributed by atoms with Gasteiger partial charge in [0, 0.05) is 43.6 Å². The molecule has 244 valence electrons. The highest BCUT2D eigenvalue weighted by molar-refractivity contribution is 5.85. The molecule has 44 heavy (non-hydrogen) atoms. The highest BCUT2D eigenvalue weighted by Gasteiger charge is 2.68. The Morgan fingerprint density at radius 1 is 0.932 bits per heavy atom. The fourth-order valence-corrected chi connectivity index (χ4v) is 9.83. The first kappa shape index (κ1) is 34.0. The van der Waals surface area contributed by atoms with Crippen molar-refractivity contribution < 1.29 is 38.5 Å². The Labute approximate surface area is 262 Å². The Morgan fingerprint density at radius 3 is 2.11 bits per heavy atom. The smallest absolute Gasteiger partial charge is 0.330 e. The molecule has 2 fully saturated rings. The summed E-state index contributed by atoms with van der Waals surface area (Å²) in [6.45, 7) is 19.3. The van der Waals surface area contributed by atoms with Crippen molar-refractivity contribution in [2.75, 3.05) is 0 Å². The first-order valence-electron chi connectivity index (χ1n) is 16.1. The van der Waals surface area contributed by atoms with Gasteiger partial charge < -0.3 is 19.3 Å². The van der Waals surface area contributed by atoms with Crippen LogP contribution in [0.5, 0.6) is 0 Å². The summed E-state index contributed by atoms with van der Waals surface area (Å²) in [5.41, 5.74) is 1.63. The molecule has 0 aromatic heterocycles. The van der Waals surface area contributed by atoms with Crippen molar-refractivity contribution in [3.8, 4) is 0 Å². The molecule has 1 N–H and O–H groups in total. The largest absolute Gasteiger partial charge is 0.478 e. The second-order valence-corrected chi connectivity index (χ2v) is 15.1. The molecule has 0 radical (unpaired) electrons. The van der Waals surface area contributed by atoms with E-state index in [0.29, 0.717) is 12.8 Å². The number of carbonyl (C=O) groups is 4. The highest BCUT2D eigenvalue weighted by Crippen LogP contribution is 2.72. The van der Waals surface area contributed by atoms with E-state index in [1.807, 2.05) is 0 Å². The average molecular weight is 613 g/mol. The molecule has 0 aromatic rings. The van der Waals surface area contributed by atoms with E-state index in [-0.39, 0.29) is 63.7 Å². The molecule has 0 saturated heterocycles. The van der Waals surface area contributed by atoms with Crippen LogP contribution in [0.15, 0.2) is 34.9 Å². The van der Waals surface area contributed by atoms with Gasteiger partial charge in [0.2, 0.25) is 0 Å². The minimum absolute atomic E-state index is 0.0279. The molecule has 8 heteroatoms. The lowest BCUT2D eigenvalue weighted by Gasteiger charge is -2.61. The number of aliphatic carboxylic acids is 1. The second-order valence-electron chi connectivity index (χ2n) is 15.1. The minimum Gasteiger partial charge on any atom is -0.478 e. The third kappa shape index (κ3) is 5.44. The first-order chi connectivity index (χ1) is 20.3. The Morgan fingerprint density at radius 2 is 1.55 bits per heavy atom. The quantitative estimate of drug-likeness (QED) is 0.177. The van der Waals surface area contributed by atoms with Gasteiger partial charge >= 0.3 is 23.9 Å². The molecule has 0 unspecified atom stereocenters. The van der Waals surface area contributed by atoms with Crippen LogP contribution in [-0.2, 0) is 33.4 Å². The summed E-state index contributed by atoms with van der Waals surface area (Å²) in [5.74, 6) is -1.78. The summed E-state index contributed by atoms with van der Waals surface area (Å²) < 4.78 is 17.8. The summed E-state index contributed by atoms with van der Waals surface area (Å²) in [4.78, 5) is 48.2. The number of allylic oxidation sites excluding steroid dienone is 3. The van der Waals surface area contributed by atoms with Gasteiger partial charge in [-0.3, -0.25) is 14.4 Å². The molecular formula is C36H52O8. The van der Waals surface area contributed by atoms with Crippen LogP contribution in [0, 0.1) is 39.4 Å². The number of carbonyl (C=O) groups excluding carboxylic acids is 3. The zero-order chi connectivity index (χ0) is 33.0. The molecule has 4 rings (SSSR count). The number of ether oxygens (including phenoxy) is 3. The Hall–Kier alpha value is -2.90. The van der Waals surface area contributed by atoms with Crippen LogP contribution in [0.2, 0.25) is 0 Å². The SMILES string of the molecule is CC(=O)O[C@@H](C/C=C(/C)C(=O)O)[C@@H](C)[C@H]1C[C@H](OC(C)=O)[C@@]2(C)C3=CC[C@H]4C(C)(C)[C@@H](OC(C)=O)CC[C@]4(C)C3=CC[C@]12C. The van der Waals surface area contributed by atoms with Crippen molar-refractivity contribution in [1.82, 2.24) is 0 Å². The van der Waals surface area contributed by atoms with E-state index < -0.39 is 23.5 Å². The molecule has 9 atom stereocenters. The maximum absolute atomic E-state index is 12.5. The maximum atomic E-state index is 12.5. The Kier molecular flexibility index (Phi) is 9.11. The number of carboxylic acid groups (broad SMARTS) is 1. The van der Waals surface area contributed by atoms with Crippen molar-refractivity contribution in [1.29, 1.82) is 0 Å². The van der Waals surface area contributed by atoms with Gasteiger partial charge in [-0.05, 0) is 78.8 Å². The molecular weight excluding hydrogens is 560 g/mol. The van der Waals surface area contributed by atoms with Gasteiger partial charge in [0.1, 0.15) is 18.3 Å². The van der Waals surface area contributed by atoms with E-state index in [2.05, 4.69) is 53.7 Å². The van der Waals surface area contributed by atoms with Crippen LogP contribution < -0.4 is 0 Å². The fraction of sp³-hybridized carbons (Fsp3) is 0.722. The topological polar surface area (TPSA) is 116 Å². The number of esters is 3. The van der Waals surface area contributed by atoms with E-state index in [0.717, 1.165) is 25.7 Å². The van der Waals surface area contributed by atoms with Gasteiger partial charge in [-0.15, -0.1) is 0 Å². The van der Waals surface area contributed by atoms with Crippen LogP contribution in [0.4, 0.5) is 0 Å². The van der Waals surface area contributed by atoms with E-state index in [1.54, 1.807) is 13.0 Å². The highest BCUT2D eigenvalue weighted by atomic mass is 16.6. The zero-order valence-corrected chi connectivity index (χ0v) is 28.2. The second kappa shape index (κ2) is 11.8. The van der Waals surface area contributed by atoms with Gasteiger partial charge in [0.05, 0.1) is 0 Å². The molecule has 0 aliphatic heterocycles. The normalized spacial score (nSPS) is 37.2. The van der Waals surface area contributed by atoms with Gasteiger partial charge in [-0.25, -0.2) is 4.79 Å². The standard InChI is InChI=1S/C36H52O8/c1-20(32(40)41)11-13-28(42-22(3)37)21(2)27-19-31(44-24(5)39)36(10)26-12-14-29-33(6,7)30(43-23(4)38)16-17-34(29,8)25(26)15-18-35(27,36)9/h11-12,15,21,27-31H,13-14,16-19H2,1-10H3,(H,40,41)/b20-11-/t21-,27+,28-,29-,30-,31-,34+,35+,36+/m0/s1. The minimum atomic E-state index is -0.999. The average Bonchev–Trinajstić information content (AvgIpc) is 3.13. The number of hydrogen-bond donors (Lipinski definition) is 1. The van der Waals surface area contributed by atoms with Crippen LogP contribution in [0.3, 0.4) is 0 Å². The monoisotopic (exact) mass is 612 g/mol. The molecule has 0 amide bonds. The van der Waals surface area contributed by atoms with Crippen LogP contribution >= 0.6 is 0 Å². The zero-order valence-electron chi connectivity index (χ0n) is 28.2. The van der Waals surface area contributed by atoms with Gasteiger partial charge in [-0.1, -0.05) is 59.8 Å². The molecule has 8 nitrogen and oxygen atoms in total. The molecule has 0 spiro atoms. The summed E-state index contributed by atoms with van der Waals surface area (Å²) >= 11 is 0. The third-order valence-electron chi connectivity index (χ3n) is 12.4. The number of hydrogen-bond acceptors (Lipinski definition) is 7. The summed E-state index contributed by atoms with van der Waals surface area (Å²) in [5, 5.41) is 9.41. The summed E-state index contributed by atoms with van der Waals surface area (Å²) in [6.07, 6.45) is 9.58. The Balaban J connectivity index is 1.78. The lowest BCUT2D eigenvalue weighted by molar-refractivity contribution is -0.166. The van der Waals surface area contributed by atoms with Gasteiger partial charge in [0.15, 0.2) is 0 Å². The van der Waals surface area contributed by atoms with Crippen molar-refractivity contribution in [3.63, 3.8) is 0 Å². The molecule has 0 aromatic carbocycles. The van der Waals surface area contributed by atoms with E-state index in [1.165, 1.54) is 31.9 Å². The predicted octanol–water partition coefficient (Wildman–Crippen LogP) is 6.97. The predicted molar refractivity (Wildman–Crippen MR) is 166 cm³/mol. The maximum Gasteiger partial charge on any atom is 0.330 e. The lowest BCUT2D eigenvalue weighted by atomic mass is 9.44. The third-order valence-corrected chi connectivity index (χ3v) is 12.4. The number of carboxylic acids is 1. The van der Waals surface area contributed by atoms with Crippen LogP contribution in [0.1, 0.15) is 108 Å². The van der Waals surface area contributed by atoms with Crippen molar-refractivity contribution >= 4 is 23.9 Å². The van der Waals surface area contributed by atoms with Crippen molar-refractivity contribution in [2.24, 2.45) is 39.4 Å². The van der Waals surface area contributed by atoms with Crippen LogP contribution in [-0.4, -0.2) is 47.3 Å². The van der Waals surface area contributed by atoms with E-state index in [4.69, 9.17) is 14.2 Å². The van der Waals surface area contributed by atoms with Gasteiger partial charge in [-0.2, -0.15) is 0 Å². The molecule has 4 aliphatic rings. The molecule has 0 bridgehead atoms.